The standard InChI is InChI=1S/C10H15BO2/c1-3-7-5-8(11)10(12)9(6-7)13-4-2/h5-6,12H,3-4,11H2,1-2H3. The van der Waals surface area contributed by atoms with Crippen molar-refractivity contribution in [1.29, 1.82) is 0 Å². The number of hydrogen-bond acceptors (Lipinski definition) is 2. The van der Waals surface area contributed by atoms with Crippen LogP contribution in [0.3, 0.4) is 0 Å². The van der Waals surface area contributed by atoms with Crippen molar-refractivity contribution in [3.8, 4) is 11.5 Å². The lowest BCUT2D eigenvalue weighted by molar-refractivity contribution is 0.319. The van der Waals surface area contributed by atoms with Crippen molar-refractivity contribution in [2.24, 2.45) is 0 Å². The van der Waals surface area contributed by atoms with Crippen LogP contribution in [0.25, 0.3) is 0 Å². The second kappa shape index (κ2) is 4.22. The maximum absolute atomic E-state index is 9.62. The Hall–Kier alpha value is -1.12. The Morgan fingerprint density at radius 3 is 2.62 bits per heavy atom. The van der Waals surface area contributed by atoms with Crippen LogP contribution in [0.1, 0.15) is 19.4 Å². The number of hydrogen-bond donors (Lipinski definition) is 1. The number of phenols is 1. The van der Waals surface area contributed by atoms with Crippen LogP contribution in [-0.4, -0.2) is 19.6 Å². The van der Waals surface area contributed by atoms with Crippen molar-refractivity contribution in [1.82, 2.24) is 0 Å². The summed E-state index contributed by atoms with van der Waals surface area (Å²) in [6, 6.07) is 3.88. The number of phenolic OH excluding ortho intramolecular Hbond substituents is 1. The van der Waals surface area contributed by atoms with E-state index >= 15 is 0 Å². The largest absolute Gasteiger partial charge is 0.505 e. The Morgan fingerprint density at radius 1 is 1.38 bits per heavy atom. The summed E-state index contributed by atoms with van der Waals surface area (Å²) < 4.78 is 5.31. The summed E-state index contributed by atoms with van der Waals surface area (Å²) in [5.74, 6) is 0.860. The fourth-order valence-corrected chi connectivity index (χ4v) is 1.29. The first-order valence-electron chi connectivity index (χ1n) is 4.64. The predicted octanol–water partition coefficient (Wildman–Crippen LogP) is 0.612. The van der Waals surface area contributed by atoms with Crippen LogP contribution >= 0.6 is 0 Å². The molecule has 0 radical (unpaired) electrons. The highest BCUT2D eigenvalue weighted by Crippen LogP contribution is 2.24. The van der Waals surface area contributed by atoms with E-state index in [2.05, 4.69) is 6.92 Å². The molecule has 0 aliphatic carbocycles. The van der Waals surface area contributed by atoms with Gasteiger partial charge in [-0.1, -0.05) is 13.0 Å². The molecule has 70 valence electrons. The van der Waals surface area contributed by atoms with Gasteiger partial charge in [0.25, 0.3) is 0 Å². The lowest BCUT2D eigenvalue weighted by Gasteiger charge is -2.10. The van der Waals surface area contributed by atoms with Crippen LogP contribution in [0.4, 0.5) is 0 Å². The zero-order valence-electron chi connectivity index (χ0n) is 8.42. The lowest BCUT2D eigenvalue weighted by atomic mass is 9.92. The van der Waals surface area contributed by atoms with E-state index in [4.69, 9.17) is 4.74 Å². The third-order valence-corrected chi connectivity index (χ3v) is 2.03. The smallest absolute Gasteiger partial charge is 0.160 e. The molecule has 0 amide bonds. The zero-order chi connectivity index (χ0) is 9.84. The minimum Gasteiger partial charge on any atom is -0.505 e. The highest BCUT2D eigenvalue weighted by molar-refractivity contribution is 6.34. The molecule has 0 fully saturated rings. The second-order valence-corrected chi connectivity index (χ2v) is 3.05. The Kier molecular flexibility index (Phi) is 3.23. The molecule has 1 N–H and O–H groups in total. The van der Waals surface area contributed by atoms with Crippen molar-refractivity contribution in [2.75, 3.05) is 6.61 Å². The molecule has 0 heterocycles. The normalized spacial score (nSPS) is 10.0. The molecule has 2 nitrogen and oxygen atoms in total. The molecule has 3 heteroatoms. The number of benzene rings is 1. The van der Waals surface area contributed by atoms with E-state index in [0.29, 0.717) is 12.4 Å². The SMILES string of the molecule is Bc1cc(CC)cc(OCC)c1O. The number of aryl methyl sites for hydroxylation is 1. The number of aromatic hydroxyl groups is 1. The van der Waals surface area contributed by atoms with Crippen LogP contribution in [0.5, 0.6) is 11.5 Å². The van der Waals surface area contributed by atoms with Gasteiger partial charge in [-0.15, -0.1) is 0 Å². The van der Waals surface area contributed by atoms with Gasteiger partial charge in [0.15, 0.2) is 11.5 Å². The molecule has 0 aliphatic rings. The first-order chi connectivity index (χ1) is 6.19. The summed E-state index contributed by atoms with van der Waals surface area (Å²) in [5.41, 5.74) is 2.07. The van der Waals surface area contributed by atoms with Gasteiger partial charge in [0.1, 0.15) is 7.85 Å². The topological polar surface area (TPSA) is 29.5 Å². The third-order valence-electron chi connectivity index (χ3n) is 2.03. The van der Waals surface area contributed by atoms with E-state index in [0.717, 1.165) is 11.9 Å². The minimum absolute atomic E-state index is 0.263. The predicted molar refractivity (Wildman–Crippen MR) is 56.8 cm³/mol. The van der Waals surface area contributed by atoms with Gasteiger partial charge in [-0.2, -0.15) is 0 Å². The number of rotatable bonds is 3. The highest BCUT2D eigenvalue weighted by atomic mass is 16.5. The molecule has 1 aromatic rings. The molecule has 0 bridgehead atoms. The van der Waals surface area contributed by atoms with Gasteiger partial charge in [-0.25, -0.2) is 0 Å². The van der Waals surface area contributed by atoms with Crippen molar-refractivity contribution < 1.29 is 9.84 Å². The second-order valence-electron chi connectivity index (χ2n) is 3.05. The molecule has 1 aromatic carbocycles. The van der Waals surface area contributed by atoms with Crippen molar-refractivity contribution in [2.45, 2.75) is 20.3 Å². The van der Waals surface area contributed by atoms with E-state index in [1.807, 2.05) is 26.9 Å². The summed E-state index contributed by atoms with van der Waals surface area (Å²) in [6.45, 7) is 4.58. The third kappa shape index (κ3) is 2.17. The Labute approximate surface area is 80.0 Å². The molecular weight excluding hydrogens is 163 g/mol. The zero-order valence-corrected chi connectivity index (χ0v) is 8.42. The Bertz CT molecular complexity index is 297. The Balaban J connectivity index is 3.09. The molecule has 0 spiro atoms. The van der Waals surface area contributed by atoms with Gasteiger partial charge in [0.2, 0.25) is 0 Å². The van der Waals surface area contributed by atoms with Gasteiger partial charge >= 0.3 is 0 Å². The maximum atomic E-state index is 9.62. The van der Waals surface area contributed by atoms with Gasteiger partial charge in [0, 0.05) is 0 Å². The lowest BCUT2D eigenvalue weighted by Crippen LogP contribution is -2.07. The van der Waals surface area contributed by atoms with Gasteiger partial charge in [0.05, 0.1) is 6.61 Å². The average Bonchev–Trinajstić information content (AvgIpc) is 2.13. The van der Waals surface area contributed by atoms with E-state index in [1.165, 1.54) is 5.56 Å². The summed E-state index contributed by atoms with van der Waals surface area (Å²) >= 11 is 0. The molecule has 0 aliphatic heterocycles. The van der Waals surface area contributed by atoms with Gasteiger partial charge < -0.3 is 9.84 Å². The minimum atomic E-state index is 0.263. The van der Waals surface area contributed by atoms with Crippen molar-refractivity contribution in [3.63, 3.8) is 0 Å². The van der Waals surface area contributed by atoms with Crippen LogP contribution < -0.4 is 10.2 Å². The fourth-order valence-electron chi connectivity index (χ4n) is 1.29. The molecule has 0 atom stereocenters. The first kappa shape index (κ1) is 9.97. The molecule has 0 saturated heterocycles. The van der Waals surface area contributed by atoms with E-state index in [1.54, 1.807) is 0 Å². The van der Waals surface area contributed by atoms with Gasteiger partial charge in [-0.05, 0) is 30.4 Å². The highest BCUT2D eigenvalue weighted by Gasteiger charge is 2.06. The fraction of sp³-hybridized carbons (Fsp3) is 0.400. The number of ether oxygens (including phenoxy) is 1. The summed E-state index contributed by atoms with van der Waals surface area (Å²) in [4.78, 5) is 0. The van der Waals surface area contributed by atoms with E-state index < -0.39 is 0 Å². The van der Waals surface area contributed by atoms with E-state index in [9.17, 15) is 5.11 Å². The molecule has 0 saturated carbocycles. The molecule has 0 aromatic heterocycles. The molecular formula is C10H15BO2. The Morgan fingerprint density at radius 2 is 2.08 bits per heavy atom. The summed E-state index contributed by atoms with van der Waals surface area (Å²) in [5, 5.41) is 9.62. The maximum Gasteiger partial charge on any atom is 0.160 e. The first-order valence-corrected chi connectivity index (χ1v) is 4.64. The van der Waals surface area contributed by atoms with Crippen LogP contribution in [-0.2, 0) is 6.42 Å². The van der Waals surface area contributed by atoms with Crippen LogP contribution in [0.15, 0.2) is 12.1 Å². The van der Waals surface area contributed by atoms with Crippen LogP contribution in [0.2, 0.25) is 0 Å². The van der Waals surface area contributed by atoms with E-state index in [-0.39, 0.29) is 5.75 Å². The van der Waals surface area contributed by atoms with Crippen LogP contribution in [0, 0.1) is 0 Å². The molecule has 0 unspecified atom stereocenters. The van der Waals surface area contributed by atoms with Crippen molar-refractivity contribution >= 4 is 13.3 Å². The molecule has 1 rings (SSSR count). The summed E-state index contributed by atoms with van der Waals surface area (Å²) in [7, 11) is 1.89. The molecule has 13 heavy (non-hydrogen) atoms. The van der Waals surface area contributed by atoms with Crippen molar-refractivity contribution in [3.05, 3.63) is 17.7 Å². The summed E-state index contributed by atoms with van der Waals surface area (Å²) in [6.07, 6.45) is 0.960. The quantitative estimate of drug-likeness (QED) is 0.687. The average molecular weight is 178 g/mol. The monoisotopic (exact) mass is 178 g/mol. The van der Waals surface area contributed by atoms with Gasteiger partial charge in [-0.3, -0.25) is 0 Å².